The van der Waals surface area contributed by atoms with Crippen molar-refractivity contribution in [2.45, 2.75) is 39.2 Å². The molecule has 1 aliphatic rings. The molecule has 1 saturated carbocycles. The molecule has 1 nitrogen and oxygen atoms in total. The molecule has 1 rings (SSSR count). The third kappa shape index (κ3) is 2.87. The van der Waals surface area contributed by atoms with Crippen LogP contribution >= 0.6 is 0 Å². The molecule has 0 heterocycles. The molecule has 0 spiro atoms. The van der Waals surface area contributed by atoms with E-state index in [9.17, 15) is 0 Å². The zero-order valence-electron chi connectivity index (χ0n) is 8.35. The molecular weight excluding hydrogens is 263 g/mol. The predicted molar refractivity (Wildman–Crippen MR) is 47.8 cm³/mol. The fourth-order valence-corrected chi connectivity index (χ4v) is 2.95. The van der Waals surface area contributed by atoms with Crippen LogP contribution in [0.2, 0.25) is 0 Å². The molecule has 0 amide bonds. The zero-order chi connectivity index (χ0) is 8.97. The molecule has 74 valence electrons. The molecular formula is C10H20IO-. The van der Waals surface area contributed by atoms with E-state index in [1.807, 2.05) is 0 Å². The average Bonchev–Trinajstić information content (AvgIpc) is 2.42. The molecule has 2 heteroatoms. The molecule has 0 aromatic carbocycles. The third-order valence-corrected chi connectivity index (χ3v) is 3.76. The van der Waals surface area contributed by atoms with Crippen molar-refractivity contribution in [3.63, 3.8) is 0 Å². The summed E-state index contributed by atoms with van der Waals surface area (Å²) in [4.78, 5) is 2.29. The van der Waals surface area contributed by atoms with Gasteiger partial charge in [0.15, 0.2) is 0 Å². The fraction of sp³-hybridized carbons (Fsp3) is 1.00. The van der Waals surface area contributed by atoms with E-state index in [1.165, 1.54) is 19.3 Å². The van der Waals surface area contributed by atoms with Crippen LogP contribution in [0, 0.1) is 11.8 Å². The number of hydrogen-bond acceptors (Lipinski definition) is 1. The summed E-state index contributed by atoms with van der Waals surface area (Å²) in [5, 5.41) is 0. The molecule has 0 bridgehead atoms. The molecule has 1 aliphatic carbocycles. The van der Waals surface area contributed by atoms with Gasteiger partial charge in [-0.25, -0.2) is 0 Å². The molecule has 0 saturated heterocycles. The van der Waals surface area contributed by atoms with Gasteiger partial charge in [0.2, 0.25) is 0 Å². The van der Waals surface area contributed by atoms with Crippen molar-refractivity contribution in [2.75, 3.05) is 9.54 Å². The van der Waals surface area contributed by atoms with E-state index in [-0.39, 0.29) is 0 Å². The Hall–Kier alpha value is 0.690. The molecule has 0 unspecified atom stereocenters. The van der Waals surface area contributed by atoms with Crippen LogP contribution in [-0.4, -0.2) is 15.6 Å². The summed E-state index contributed by atoms with van der Waals surface area (Å²) in [6.45, 7) is 4.65. The second-order valence-corrected chi connectivity index (χ2v) is 5.97. The van der Waals surface area contributed by atoms with E-state index in [0.29, 0.717) is 27.3 Å². The monoisotopic (exact) mass is 283 g/mol. The normalized spacial score (nSPS) is 36.1. The molecule has 1 fully saturated rings. The Balaban J connectivity index is 2.30. The first kappa shape index (κ1) is 10.8. The van der Waals surface area contributed by atoms with Gasteiger partial charge in [0.25, 0.3) is 0 Å². The Morgan fingerprint density at radius 1 is 1.42 bits per heavy atom. The third-order valence-electron chi connectivity index (χ3n) is 2.78. The summed E-state index contributed by atoms with van der Waals surface area (Å²) in [6.07, 6.45) is 4.60. The van der Waals surface area contributed by atoms with Gasteiger partial charge in [0.05, 0.1) is 0 Å². The van der Waals surface area contributed by atoms with Crippen LogP contribution in [0.25, 0.3) is 0 Å². The minimum atomic E-state index is 0.328. The molecule has 12 heavy (non-hydrogen) atoms. The number of hydrogen-bond donors (Lipinski definition) is 0. The van der Waals surface area contributed by atoms with E-state index in [0.717, 1.165) is 16.4 Å². The Kier molecular flexibility index (Phi) is 4.87. The summed E-state index contributed by atoms with van der Waals surface area (Å²) in [6, 6.07) is 0. The van der Waals surface area contributed by atoms with Gasteiger partial charge < -0.3 is 0 Å². The van der Waals surface area contributed by atoms with Crippen molar-refractivity contribution in [1.82, 2.24) is 0 Å². The summed E-state index contributed by atoms with van der Waals surface area (Å²) >= 11 is 0.328. The van der Waals surface area contributed by atoms with E-state index in [4.69, 9.17) is 4.74 Å². The first-order valence-electron chi connectivity index (χ1n) is 4.83. The van der Waals surface area contributed by atoms with Crippen molar-refractivity contribution in [2.24, 2.45) is 11.8 Å². The zero-order valence-corrected chi connectivity index (χ0v) is 10.5. The summed E-state index contributed by atoms with van der Waals surface area (Å²) in [5.74, 6) is 1.76. The number of rotatable bonds is 4. The SMILES string of the molecule is CC[C@@H]1C[C@H](C)C[C@H]1OC[I-]C. The van der Waals surface area contributed by atoms with Crippen molar-refractivity contribution in [3.8, 4) is 0 Å². The van der Waals surface area contributed by atoms with Gasteiger partial charge in [0, 0.05) is 0 Å². The maximum atomic E-state index is 5.87. The quantitative estimate of drug-likeness (QED) is 0.499. The number of halogens is 1. The summed E-state index contributed by atoms with van der Waals surface area (Å²) in [5.41, 5.74) is 0. The molecule has 0 aromatic rings. The Labute approximate surface area is 86.5 Å². The first-order chi connectivity index (χ1) is 5.77. The van der Waals surface area contributed by atoms with Crippen molar-refractivity contribution in [3.05, 3.63) is 0 Å². The fourth-order valence-electron chi connectivity index (χ4n) is 2.13. The predicted octanol–water partition coefficient (Wildman–Crippen LogP) is -0.496. The summed E-state index contributed by atoms with van der Waals surface area (Å²) < 4.78 is 6.94. The van der Waals surface area contributed by atoms with Crippen LogP contribution in [0.15, 0.2) is 0 Å². The van der Waals surface area contributed by atoms with Crippen LogP contribution in [-0.2, 0) is 4.74 Å². The second kappa shape index (κ2) is 5.43. The molecule has 0 radical (unpaired) electrons. The van der Waals surface area contributed by atoms with Crippen LogP contribution in [0.4, 0.5) is 0 Å². The number of ether oxygens (including phenoxy) is 1. The number of alkyl halides is 2. The van der Waals surface area contributed by atoms with Crippen molar-refractivity contribution in [1.29, 1.82) is 0 Å². The standard InChI is InChI=1S/C10H20IO/c1-4-9-5-8(2)6-10(9)12-7-11-3/h8-10H,4-7H2,1-3H3/q-1/t8-,9+,10+/m0/s1. The van der Waals surface area contributed by atoms with Gasteiger partial charge in [-0.1, -0.05) is 0 Å². The van der Waals surface area contributed by atoms with Gasteiger partial charge in [-0.05, 0) is 0 Å². The van der Waals surface area contributed by atoms with Crippen molar-refractivity contribution < 1.29 is 25.9 Å². The van der Waals surface area contributed by atoms with Gasteiger partial charge in [-0.2, -0.15) is 0 Å². The molecule has 0 N–H and O–H groups in total. The van der Waals surface area contributed by atoms with Crippen LogP contribution < -0.4 is 21.2 Å². The topological polar surface area (TPSA) is 9.23 Å². The Morgan fingerprint density at radius 3 is 2.75 bits per heavy atom. The summed E-state index contributed by atoms with van der Waals surface area (Å²) in [7, 11) is 0. The van der Waals surface area contributed by atoms with Gasteiger partial charge >= 0.3 is 86.5 Å². The van der Waals surface area contributed by atoms with Gasteiger partial charge in [-0.15, -0.1) is 0 Å². The van der Waals surface area contributed by atoms with E-state index >= 15 is 0 Å². The van der Waals surface area contributed by atoms with Crippen molar-refractivity contribution >= 4 is 0 Å². The Bertz CT molecular complexity index is 127. The van der Waals surface area contributed by atoms with Gasteiger partial charge in [0.1, 0.15) is 0 Å². The van der Waals surface area contributed by atoms with E-state index in [2.05, 4.69) is 18.8 Å². The maximum absolute atomic E-state index is 5.87. The average molecular weight is 283 g/mol. The van der Waals surface area contributed by atoms with Crippen LogP contribution in [0.5, 0.6) is 0 Å². The second-order valence-electron chi connectivity index (χ2n) is 3.83. The molecule has 0 aromatic heterocycles. The molecule has 0 aliphatic heterocycles. The Morgan fingerprint density at radius 2 is 2.17 bits per heavy atom. The van der Waals surface area contributed by atoms with Crippen LogP contribution in [0.1, 0.15) is 33.1 Å². The van der Waals surface area contributed by atoms with Gasteiger partial charge in [-0.3, -0.25) is 0 Å². The van der Waals surface area contributed by atoms with E-state index < -0.39 is 0 Å². The minimum absolute atomic E-state index is 0.328. The molecule has 3 atom stereocenters. The first-order valence-corrected chi connectivity index (χ1v) is 8.51. The van der Waals surface area contributed by atoms with Crippen LogP contribution in [0.3, 0.4) is 0 Å². The van der Waals surface area contributed by atoms with E-state index in [1.54, 1.807) is 0 Å².